The number of hydrogen-bond donors (Lipinski definition) is 1. The van der Waals surface area contributed by atoms with E-state index in [9.17, 15) is 5.11 Å². The largest absolute Gasteiger partial charge is 0.390 e. The summed E-state index contributed by atoms with van der Waals surface area (Å²) in [6, 6.07) is 0. The minimum Gasteiger partial charge on any atom is -0.390 e. The lowest BCUT2D eigenvalue weighted by Crippen LogP contribution is -2.34. The maximum atomic E-state index is 10.4. The van der Waals surface area contributed by atoms with Crippen LogP contribution in [0.3, 0.4) is 0 Å². The van der Waals surface area contributed by atoms with Gasteiger partial charge >= 0.3 is 0 Å². The fourth-order valence-corrected chi connectivity index (χ4v) is 2.52. The molecule has 0 spiro atoms. The van der Waals surface area contributed by atoms with Crippen LogP contribution in [0.4, 0.5) is 0 Å². The van der Waals surface area contributed by atoms with Gasteiger partial charge in [0.2, 0.25) is 0 Å². The van der Waals surface area contributed by atoms with Crippen molar-refractivity contribution in [3.8, 4) is 0 Å². The van der Waals surface area contributed by atoms with E-state index in [-0.39, 0.29) is 0 Å². The third kappa shape index (κ3) is 2.71. The third-order valence-electron chi connectivity index (χ3n) is 3.88. The Morgan fingerprint density at radius 2 is 2.29 bits per heavy atom. The maximum Gasteiger partial charge on any atom is 0.0676 e. The molecule has 0 amide bonds. The highest BCUT2D eigenvalue weighted by molar-refractivity contribution is 4.92. The Balaban J connectivity index is 2.41. The van der Waals surface area contributed by atoms with Crippen molar-refractivity contribution in [2.24, 2.45) is 11.8 Å². The second-order valence-corrected chi connectivity index (χ2v) is 4.80. The standard InChI is InChI=1S/C12H24O2/c1-4-11-5-7-12(13,9-11)10(2)6-8-14-3/h10-11,13H,4-9H2,1-3H3. The van der Waals surface area contributed by atoms with E-state index in [0.717, 1.165) is 31.8 Å². The second kappa shape index (κ2) is 5.13. The zero-order valence-electron chi connectivity index (χ0n) is 9.75. The van der Waals surface area contributed by atoms with Gasteiger partial charge in [0.25, 0.3) is 0 Å². The highest BCUT2D eigenvalue weighted by Crippen LogP contribution is 2.41. The Bertz CT molecular complexity index is 170. The van der Waals surface area contributed by atoms with Gasteiger partial charge < -0.3 is 9.84 Å². The zero-order valence-corrected chi connectivity index (χ0v) is 9.75. The monoisotopic (exact) mass is 200 g/mol. The molecular weight excluding hydrogens is 176 g/mol. The first-order valence-corrected chi connectivity index (χ1v) is 5.83. The molecule has 0 heterocycles. The first-order valence-electron chi connectivity index (χ1n) is 5.83. The Kier molecular flexibility index (Phi) is 4.39. The molecule has 0 saturated heterocycles. The fraction of sp³-hybridized carbons (Fsp3) is 1.00. The van der Waals surface area contributed by atoms with Crippen LogP contribution in [0.25, 0.3) is 0 Å². The molecule has 2 nitrogen and oxygen atoms in total. The summed E-state index contributed by atoms with van der Waals surface area (Å²) < 4.78 is 5.06. The lowest BCUT2D eigenvalue weighted by molar-refractivity contribution is -0.0197. The average molecular weight is 200 g/mol. The molecule has 0 bridgehead atoms. The van der Waals surface area contributed by atoms with Crippen molar-refractivity contribution in [2.45, 2.75) is 51.6 Å². The molecule has 0 aromatic carbocycles. The van der Waals surface area contributed by atoms with Crippen LogP contribution in [-0.4, -0.2) is 24.4 Å². The van der Waals surface area contributed by atoms with E-state index in [0.29, 0.717) is 5.92 Å². The number of hydrogen-bond acceptors (Lipinski definition) is 2. The van der Waals surface area contributed by atoms with E-state index < -0.39 is 5.60 Å². The lowest BCUT2D eigenvalue weighted by atomic mass is 9.84. The van der Waals surface area contributed by atoms with E-state index >= 15 is 0 Å². The van der Waals surface area contributed by atoms with Crippen LogP contribution in [0.1, 0.15) is 46.0 Å². The van der Waals surface area contributed by atoms with Crippen LogP contribution in [0.15, 0.2) is 0 Å². The molecule has 0 aromatic rings. The normalized spacial score (nSPS) is 34.7. The van der Waals surface area contributed by atoms with Crippen LogP contribution in [0, 0.1) is 11.8 Å². The SMILES string of the molecule is CCC1CCC(O)(C(C)CCOC)C1. The van der Waals surface area contributed by atoms with Crippen molar-refractivity contribution in [2.75, 3.05) is 13.7 Å². The van der Waals surface area contributed by atoms with E-state index in [1.54, 1.807) is 7.11 Å². The Hall–Kier alpha value is -0.0800. The van der Waals surface area contributed by atoms with Crippen LogP contribution < -0.4 is 0 Å². The summed E-state index contributed by atoms with van der Waals surface area (Å²) >= 11 is 0. The zero-order chi connectivity index (χ0) is 10.6. The van der Waals surface area contributed by atoms with Crippen molar-refractivity contribution in [3.63, 3.8) is 0 Å². The minimum absolute atomic E-state index is 0.374. The first-order chi connectivity index (χ1) is 6.62. The first kappa shape index (κ1) is 12.0. The van der Waals surface area contributed by atoms with Crippen LogP contribution in [-0.2, 0) is 4.74 Å². The predicted octanol–water partition coefficient (Wildman–Crippen LogP) is 2.60. The predicted molar refractivity (Wildman–Crippen MR) is 58.2 cm³/mol. The van der Waals surface area contributed by atoms with Crippen LogP contribution >= 0.6 is 0 Å². The smallest absolute Gasteiger partial charge is 0.0676 e. The van der Waals surface area contributed by atoms with Crippen molar-refractivity contribution in [1.29, 1.82) is 0 Å². The van der Waals surface area contributed by atoms with Gasteiger partial charge in [0, 0.05) is 13.7 Å². The van der Waals surface area contributed by atoms with Gasteiger partial charge in [0.15, 0.2) is 0 Å². The molecule has 3 unspecified atom stereocenters. The van der Waals surface area contributed by atoms with E-state index in [4.69, 9.17) is 4.74 Å². The number of methoxy groups -OCH3 is 1. The van der Waals surface area contributed by atoms with Crippen molar-refractivity contribution in [3.05, 3.63) is 0 Å². The molecule has 14 heavy (non-hydrogen) atoms. The van der Waals surface area contributed by atoms with E-state index in [1.807, 2.05) is 0 Å². The summed E-state index contributed by atoms with van der Waals surface area (Å²) in [7, 11) is 1.72. The highest BCUT2D eigenvalue weighted by Gasteiger charge is 2.40. The molecule has 1 rings (SSSR count). The van der Waals surface area contributed by atoms with Crippen molar-refractivity contribution >= 4 is 0 Å². The molecule has 1 N–H and O–H groups in total. The number of ether oxygens (including phenoxy) is 1. The molecule has 1 fully saturated rings. The average Bonchev–Trinajstić information content (AvgIpc) is 2.58. The van der Waals surface area contributed by atoms with E-state index in [2.05, 4.69) is 13.8 Å². The summed E-state index contributed by atoms with van der Waals surface area (Å²) in [6.45, 7) is 5.13. The van der Waals surface area contributed by atoms with Gasteiger partial charge in [0.1, 0.15) is 0 Å². The van der Waals surface area contributed by atoms with Crippen LogP contribution in [0.2, 0.25) is 0 Å². The van der Waals surface area contributed by atoms with Gasteiger partial charge in [-0.3, -0.25) is 0 Å². The molecule has 1 saturated carbocycles. The van der Waals surface area contributed by atoms with Gasteiger partial charge in [-0.15, -0.1) is 0 Å². The summed E-state index contributed by atoms with van der Waals surface area (Å²) in [4.78, 5) is 0. The third-order valence-corrected chi connectivity index (χ3v) is 3.88. The minimum atomic E-state index is -0.404. The Morgan fingerprint density at radius 1 is 1.57 bits per heavy atom. The number of rotatable bonds is 5. The maximum absolute atomic E-state index is 10.4. The second-order valence-electron chi connectivity index (χ2n) is 4.80. The summed E-state index contributed by atoms with van der Waals surface area (Å²) in [5, 5.41) is 10.4. The molecular formula is C12H24O2. The topological polar surface area (TPSA) is 29.5 Å². The molecule has 1 aliphatic rings. The Labute approximate surface area is 87.7 Å². The number of aliphatic hydroxyl groups is 1. The molecule has 0 radical (unpaired) electrons. The quantitative estimate of drug-likeness (QED) is 0.739. The van der Waals surface area contributed by atoms with Gasteiger partial charge in [-0.1, -0.05) is 20.3 Å². The molecule has 84 valence electrons. The lowest BCUT2D eigenvalue weighted by Gasteiger charge is -2.30. The van der Waals surface area contributed by atoms with Crippen LogP contribution in [0.5, 0.6) is 0 Å². The fourth-order valence-electron chi connectivity index (χ4n) is 2.52. The molecule has 2 heteroatoms. The summed E-state index contributed by atoms with van der Waals surface area (Å²) in [5.41, 5.74) is -0.404. The van der Waals surface area contributed by atoms with Gasteiger partial charge in [-0.05, 0) is 37.5 Å². The summed E-state index contributed by atoms with van der Waals surface area (Å²) in [5.74, 6) is 1.11. The van der Waals surface area contributed by atoms with Gasteiger partial charge in [0.05, 0.1) is 5.60 Å². The molecule has 0 aromatic heterocycles. The van der Waals surface area contributed by atoms with Crippen molar-refractivity contribution < 1.29 is 9.84 Å². The molecule has 1 aliphatic carbocycles. The molecule has 0 aliphatic heterocycles. The summed E-state index contributed by atoms with van der Waals surface area (Å²) in [6.07, 6.45) is 5.36. The van der Waals surface area contributed by atoms with Gasteiger partial charge in [-0.25, -0.2) is 0 Å². The van der Waals surface area contributed by atoms with E-state index in [1.165, 1.54) is 12.8 Å². The molecule has 3 atom stereocenters. The Morgan fingerprint density at radius 3 is 2.79 bits per heavy atom. The highest BCUT2D eigenvalue weighted by atomic mass is 16.5. The van der Waals surface area contributed by atoms with Gasteiger partial charge in [-0.2, -0.15) is 0 Å². The van der Waals surface area contributed by atoms with Crippen molar-refractivity contribution in [1.82, 2.24) is 0 Å².